The fraction of sp³-hybridized carbons (Fsp3) is 0.409. The Morgan fingerprint density at radius 1 is 1.29 bits per heavy atom. The highest BCUT2D eigenvalue weighted by molar-refractivity contribution is 5.76. The molecule has 1 fully saturated rings. The molecule has 0 bridgehead atoms. The summed E-state index contributed by atoms with van der Waals surface area (Å²) in [4.78, 5) is 18.8. The number of aryl methyl sites for hydroxylation is 1. The third kappa shape index (κ3) is 4.98. The zero-order chi connectivity index (χ0) is 22.0. The van der Waals surface area contributed by atoms with E-state index in [9.17, 15) is 18.0 Å². The smallest absolute Gasteiger partial charge is 0.280 e. The first kappa shape index (κ1) is 21.1. The number of nitrogens with zero attached hydrogens (tertiary/aromatic N) is 4. The highest BCUT2D eigenvalue weighted by atomic mass is 19.3. The van der Waals surface area contributed by atoms with Gasteiger partial charge in [0.15, 0.2) is 5.89 Å². The quantitative estimate of drug-likeness (QED) is 0.584. The summed E-state index contributed by atoms with van der Waals surface area (Å²) in [5.41, 5.74) is 1.11. The van der Waals surface area contributed by atoms with Gasteiger partial charge in [-0.15, -0.1) is 0 Å². The molecule has 1 amide bonds. The second-order valence-electron chi connectivity index (χ2n) is 7.82. The number of benzene rings is 1. The number of aromatic nitrogens is 3. The molecule has 3 heterocycles. The van der Waals surface area contributed by atoms with Crippen LogP contribution in [0, 0.1) is 12.7 Å². The van der Waals surface area contributed by atoms with Gasteiger partial charge < -0.3 is 9.32 Å². The van der Waals surface area contributed by atoms with Crippen molar-refractivity contribution >= 4 is 5.91 Å². The van der Waals surface area contributed by atoms with E-state index < -0.39 is 6.43 Å². The SMILES string of the molecule is Cc1cc(C(F)F)n(CC(=O)N2CCCC(c3ncc(Cc4ccc(F)cc4)o3)C2)n1. The van der Waals surface area contributed by atoms with Crippen molar-refractivity contribution in [2.24, 2.45) is 0 Å². The molecule has 4 rings (SSSR count). The predicted molar refractivity (Wildman–Crippen MR) is 106 cm³/mol. The summed E-state index contributed by atoms with van der Waals surface area (Å²) in [6, 6.07) is 7.49. The van der Waals surface area contributed by atoms with Crippen molar-refractivity contribution in [1.82, 2.24) is 19.7 Å². The van der Waals surface area contributed by atoms with Crippen LogP contribution in [0.3, 0.4) is 0 Å². The molecule has 1 atom stereocenters. The van der Waals surface area contributed by atoms with Gasteiger partial charge in [-0.05, 0) is 43.5 Å². The lowest BCUT2D eigenvalue weighted by atomic mass is 9.98. The summed E-state index contributed by atoms with van der Waals surface area (Å²) in [6.45, 7) is 2.37. The number of likely N-dealkylation sites (tertiary alicyclic amines) is 1. The first-order valence-corrected chi connectivity index (χ1v) is 10.2. The first-order valence-electron chi connectivity index (χ1n) is 10.2. The number of carbonyl (C=O) groups excluding carboxylic acids is 1. The minimum absolute atomic E-state index is 0.0615. The van der Waals surface area contributed by atoms with E-state index in [0.717, 1.165) is 23.1 Å². The molecular formula is C22H23F3N4O2. The fourth-order valence-corrected chi connectivity index (χ4v) is 3.90. The number of hydrogen-bond donors (Lipinski definition) is 0. The molecule has 31 heavy (non-hydrogen) atoms. The van der Waals surface area contributed by atoms with Gasteiger partial charge in [0.2, 0.25) is 5.91 Å². The number of oxazole rings is 1. The van der Waals surface area contributed by atoms with Gasteiger partial charge in [-0.25, -0.2) is 18.2 Å². The Labute approximate surface area is 177 Å². The highest BCUT2D eigenvalue weighted by Crippen LogP contribution is 2.28. The van der Waals surface area contributed by atoms with E-state index >= 15 is 0 Å². The van der Waals surface area contributed by atoms with Crippen molar-refractivity contribution in [2.75, 3.05) is 13.1 Å². The van der Waals surface area contributed by atoms with Crippen LogP contribution in [0.2, 0.25) is 0 Å². The molecule has 1 aromatic carbocycles. The molecule has 0 radical (unpaired) electrons. The Kier molecular flexibility index (Phi) is 6.11. The summed E-state index contributed by atoms with van der Waals surface area (Å²) in [5, 5.41) is 4.03. The average Bonchev–Trinajstić information content (AvgIpc) is 3.36. The largest absolute Gasteiger partial charge is 0.445 e. The van der Waals surface area contributed by atoms with Crippen molar-refractivity contribution in [3.8, 4) is 0 Å². The maximum absolute atomic E-state index is 13.2. The summed E-state index contributed by atoms with van der Waals surface area (Å²) >= 11 is 0. The third-order valence-corrected chi connectivity index (χ3v) is 5.43. The second kappa shape index (κ2) is 8.95. The average molecular weight is 432 g/mol. The molecule has 0 spiro atoms. The predicted octanol–water partition coefficient (Wildman–Crippen LogP) is 4.25. The monoisotopic (exact) mass is 432 g/mol. The van der Waals surface area contributed by atoms with Crippen LogP contribution < -0.4 is 0 Å². The Morgan fingerprint density at radius 2 is 2.06 bits per heavy atom. The summed E-state index contributed by atoms with van der Waals surface area (Å²) in [6.07, 6.45) is 1.06. The van der Waals surface area contributed by atoms with Gasteiger partial charge in [0, 0.05) is 19.5 Å². The third-order valence-electron chi connectivity index (χ3n) is 5.43. The lowest BCUT2D eigenvalue weighted by molar-refractivity contribution is -0.133. The van der Waals surface area contributed by atoms with Gasteiger partial charge >= 0.3 is 0 Å². The second-order valence-corrected chi connectivity index (χ2v) is 7.82. The molecule has 9 heteroatoms. The molecule has 6 nitrogen and oxygen atoms in total. The van der Waals surface area contributed by atoms with E-state index in [1.54, 1.807) is 30.2 Å². The van der Waals surface area contributed by atoms with Gasteiger partial charge in [-0.2, -0.15) is 5.10 Å². The zero-order valence-corrected chi connectivity index (χ0v) is 17.1. The molecule has 2 aromatic heterocycles. The molecule has 3 aromatic rings. The number of halogens is 3. The molecule has 0 saturated carbocycles. The summed E-state index contributed by atoms with van der Waals surface area (Å²) in [5.74, 6) is 0.609. The van der Waals surface area contributed by atoms with E-state index in [2.05, 4.69) is 10.1 Å². The van der Waals surface area contributed by atoms with Crippen LogP contribution in [-0.2, 0) is 17.8 Å². The van der Waals surface area contributed by atoms with Crippen molar-refractivity contribution in [1.29, 1.82) is 0 Å². The van der Waals surface area contributed by atoms with E-state index in [0.29, 0.717) is 36.9 Å². The number of hydrogen-bond acceptors (Lipinski definition) is 4. The van der Waals surface area contributed by atoms with E-state index in [1.165, 1.54) is 18.2 Å². The van der Waals surface area contributed by atoms with Crippen molar-refractivity contribution < 1.29 is 22.4 Å². The molecule has 1 unspecified atom stereocenters. The molecule has 1 aliphatic rings. The maximum atomic E-state index is 13.2. The topological polar surface area (TPSA) is 64.2 Å². The van der Waals surface area contributed by atoms with Crippen LogP contribution in [0.5, 0.6) is 0 Å². The number of rotatable bonds is 6. The van der Waals surface area contributed by atoms with Gasteiger partial charge in [0.05, 0.1) is 17.8 Å². The minimum Gasteiger partial charge on any atom is -0.445 e. The van der Waals surface area contributed by atoms with Gasteiger partial charge in [0.1, 0.15) is 23.8 Å². The van der Waals surface area contributed by atoms with Crippen LogP contribution >= 0.6 is 0 Å². The van der Waals surface area contributed by atoms with Crippen LogP contribution in [0.25, 0.3) is 0 Å². The normalized spacial score (nSPS) is 16.8. The molecular weight excluding hydrogens is 409 g/mol. The van der Waals surface area contributed by atoms with E-state index in [4.69, 9.17) is 4.42 Å². The summed E-state index contributed by atoms with van der Waals surface area (Å²) < 4.78 is 46.4. The lowest BCUT2D eigenvalue weighted by Crippen LogP contribution is -2.41. The van der Waals surface area contributed by atoms with E-state index in [-0.39, 0.29) is 29.9 Å². The van der Waals surface area contributed by atoms with Crippen LogP contribution in [-0.4, -0.2) is 38.7 Å². The van der Waals surface area contributed by atoms with Gasteiger partial charge in [0.25, 0.3) is 6.43 Å². The van der Waals surface area contributed by atoms with Crippen molar-refractivity contribution in [2.45, 2.75) is 45.1 Å². The van der Waals surface area contributed by atoms with E-state index in [1.807, 2.05) is 0 Å². The van der Waals surface area contributed by atoms with Crippen LogP contribution in [0.1, 0.15) is 53.8 Å². The zero-order valence-electron chi connectivity index (χ0n) is 17.1. The molecule has 0 N–H and O–H groups in total. The summed E-state index contributed by atoms with van der Waals surface area (Å²) in [7, 11) is 0. The molecule has 0 aliphatic carbocycles. The van der Waals surface area contributed by atoms with Gasteiger partial charge in [-0.3, -0.25) is 9.48 Å². The van der Waals surface area contributed by atoms with Crippen molar-refractivity contribution in [3.05, 3.63) is 70.9 Å². The Bertz CT molecular complexity index is 1050. The van der Waals surface area contributed by atoms with Crippen LogP contribution in [0.15, 0.2) is 40.9 Å². The Morgan fingerprint density at radius 3 is 2.81 bits per heavy atom. The van der Waals surface area contributed by atoms with Gasteiger partial charge in [-0.1, -0.05) is 12.1 Å². The number of carbonyl (C=O) groups is 1. The fourth-order valence-electron chi connectivity index (χ4n) is 3.90. The first-order chi connectivity index (χ1) is 14.9. The minimum atomic E-state index is -2.69. The highest BCUT2D eigenvalue weighted by Gasteiger charge is 2.29. The Hall–Kier alpha value is -3.10. The molecule has 1 aliphatic heterocycles. The standard InChI is InChI=1S/C22H23F3N4O2/c1-14-9-19(21(24)25)29(27-14)13-20(30)28-8-2-3-16(12-28)22-26-11-18(31-22)10-15-4-6-17(23)7-5-15/h4-7,9,11,16,21H,2-3,8,10,12-13H2,1H3. The van der Waals surface area contributed by atoms with Crippen LogP contribution in [0.4, 0.5) is 13.2 Å². The van der Waals surface area contributed by atoms with Crippen molar-refractivity contribution in [3.63, 3.8) is 0 Å². The Balaban J connectivity index is 1.40. The molecule has 164 valence electrons. The molecule has 1 saturated heterocycles. The number of alkyl halides is 2. The number of amides is 1. The number of piperidine rings is 1. The maximum Gasteiger partial charge on any atom is 0.280 e. The lowest BCUT2D eigenvalue weighted by Gasteiger charge is -2.31.